The van der Waals surface area contributed by atoms with Gasteiger partial charge in [0.05, 0.1) is 6.04 Å². The molecule has 8 fully saturated rings. The number of rotatable bonds is 0. The van der Waals surface area contributed by atoms with E-state index in [4.69, 9.17) is 0 Å². The number of fused-ring (bicyclic) bond motifs is 3. The molecule has 0 bridgehead atoms. The first-order chi connectivity index (χ1) is 15.6. The quantitative estimate of drug-likeness (QED) is 0.494. The van der Waals surface area contributed by atoms with E-state index in [9.17, 15) is 4.79 Å². The minimum absolute atomic E-state index is 0.372. The van der Waals surface area contributed by atoms with Crippen LogP contribution in [0.1, 0.15) is 90.9 Å². The van der Waals surface area contributed by atoms with Gasteiger partial charge in [-0.15, -0.1) is 0 Å². The van der Waals surface area contributed by atoms with Gasteiger partial charge in [-0.2, -0.15) is 11.8 Å². The summed E-state index contributed by atoms with van der Waals surface area (Å²) in [4.78, 5) is 20.1. The number of nitrogens with zero attached hydrogens (tertiary/aromatic N) is 2. The van der Waals surface area contributed by atoms with Crippen molar-refractivity contribution in [3.05, 3.63) is 0 Å². The molecule has 0 spiro atoms. The first kappa shape index (κ1) is 20.0. The summed E-state index contributed by atoms with van der Waals surface area (Å²) < 4.78 is 0. The fourth-order valence-corrected chi connectivity index (χ4v) is 13.5. The van der Waals surface area contributed by atoms with Gasteiger partial charge in [0.25, 0.3) is 0 Å². The minimum atomic E-state index is 0.372. The SMILES string of the molecule is CC1(C)C2CCCC3SC4CCCC5C4N(C32)C2C3C(CCC21)C1CCCCC1C(=O)N53. The Balaban J connectivity index is 1.32. The Bertz CT molecular complexity index is 828. The zero-order valence-corrected chi connectivity index (χ0v) is 20.9. The van der Waals surface area contributed by atoms with Crippen LogP contribution in [0.25, 0.3) is 0 Å². The predicted molar refractivity (Wildman–Crippen MR) is 129 cm³/mol. The first-order valence-electron chi connectivity index (χ1n) is 14.3. The second-order valence-corrected chi connectivity index (χ2v) is 15.1. The highest BCUT2D eigenvalue weighted by Gasteiger charge is 2.70. The summed E-state index contributed by atoms with van der Waals surface area (Å²) in [5.74, 6) is 4.17. The van der Waals surface area contributed by atoms with Crippen LogP contribution >= 0.6 is 11.8 Å². The van der Waals surface area contributed by atoms with Gasteiger partial charge in [-0.25, -0.2) is 0 Å². The van der Waals surface area contributed by atoms with Gasteiger partial charge in [0.15, 0.2) is 0 Å². The predicted octanol–water partition coefficient (Wildman–Crippen LogP) is 5.33. The molecule has 8 rings (SSSR count). The smallest absolute Gasteiger partial charge is 0.226 e. The molecule has 0 N–H and O–H groups in total. The van der Waals surface area contributed by atoms with Crippen LogP contribution in [0.3, 0.4) is 0 Å². The maximum Gasteiger partial charge on any atom is 0.226 e. The molecule has 4 saturated heterocycles. The maximum absolute atomic E-state index is 14.3. The van der Waals surface area contributed by atoms with E-state index < -0.39 is 0 Å². The summed E-state index contributed by atoms with van der Waals surface area (Å²) in [6.07, 6.45) is 16.4. The summed E-state index contributed by atoms with van der Waals surface area (Å²) in [6.45, 7) is 5.31. The molecule has 3 nitrogen and oxygen atoms in total. The maximum atomic E-state index is 14.3. The second-order valence-electron chi connectivity index (χ2n) is 13.6. The monoisotopic (exact) mass is 454 g/mol. The molecule has 0 radical (unpaired) electrons. The number of carbonyl (C=O) groups excluding carboxylic acids is 1. The molecule has 0 aromatic rings. The van der Waals surface area contributed by atoms with Crippen LogP contribution in [0.5, 0.6) is 0 Å². The lowest BCUT2D eigenvalue weighted by Gasteiger charge is -2.76. The molecule has 12 atom stereocenters. The van der Waals surface area contributed by atoms with Crippen molar-refractivity contribution < 1.29 is 4.79 Å². The van der Waals surface area contributed by atoms with Gasteiger partial charge in [0.2, 0.25) is 5.91 Å². The van der Waals surface area contributed by atoms with Gasteiger partial charge in [-0.3, -0.25) is 9.69 Å². The Hall–Kier alpha value is -0.220. The van der Waals surface area contributed by atoms with Crippen molar-refractivity contribution in [1.29, 1.82) is 0 Å². The summed E-state index contributed by atoms with van der Waals surface area (Å²) in [7, 11) is 0. The number of hydrogen-bond acceptors (Lipinski definition) is 3. The molecular weight excluding hydrogens is 412 g/mol. The molecule has 0 aromatic carbocycles. The van der Waals surface area contributed by atoms with Crippen LogP contribution < -0.4 is 0 Å². The van der Waals surface area contributed by atoms with Crippen LogP contribution in [0, 0.1) is 35.0 Å². The van der Waals surface area contributed by atoms with Crippen LogP contribution in [0.4, 0.5) is 0 Å². The molecule has 0 aromatic heterocycles. The van der Waals surface area contributed by atoms with Crippen molar-refractivity contribution in [2.75, 3.05) is 0 Å². The third kappa shape index (κ3) is 2.29. The number of amides is 1. The Morgan fingerprint density at radius 1 is 0.719 bits per heavy atom. The van der Waals surface area contributed by atoms with Crippen LogP contribution in [-0.4, -0.2) is 56.4 Å². The summed E-state index contributed by atoms with van der Waals surface area (Å²) in [5, 5.41) is 1.65. The lowest BCUT2D eigenvalue weighted by molar-refractivity contribution is -0.237. The lowest BCUT2D eigenvalue weighted by Crippen LogP contribution is -2.85. The fourth-order valence-electron chi connectivity index (χ4n) is 11.5. The number of hydrogen-bond donors (Lipinski definition) is 0. The third-order valence-corrected chi connectivity index (χ3v) is 14.2. The van der Waals surface area contributed by atoms with E-state index in [-0.39, 0.29) is 0 Å². The molecule has 1 amide bonds. The topological polar surface area (TPSA) is 23.6 Å². The van der Waals surface area contributed by atoms with E-state index in [1.54, 1.807) is 0 Å². The highest BCUT2D eigenvalue weighted by atomic mass is 32.2. The summed E-state index contributed by atoms with van der Waals surface area (Å²) in [6, 6.07) is 3.21. The average molecular weight is 455 g/mol. The van der Waals surface area contributed by atoms with Crippen molar-refractivity contribution in [1.82, 2.24) is 9.80 Å². The highest BCUT2D eigenvalue weighted by molar-refractivity contribution is 8.00. The van der Waals surface area contributed by atoms with E-state index in [1.165, 1.54) is 77.0 Å². The zero-order chi connectivity index (χ0) is 21.4. The molecule has 4 aliphatic heterocycles. The first-order valence-corrected chi connectivity index (χ1v) is 15.3. The van der Waals surface area contributed by atoms with Gasteiger partial charge >= 0.3 is 0 Å². The Kier molecular flexibility index (Phi) is 4.20. The number of piperazine rings is 1. The van der Waals surface area contributed by atoms with Gasteiger partial charge in [0.1, 0.15) is 0 Å². The number of piperidine rings is 2. The van der Waals surface area contributed by atoms with Crippen molar-refractivity contribution in [3.63, 3.8) is 0 Å². The number of carbonyl (C=O) groups is 1. The van der Waals surface area contributed by atoms with Crippen molar-refractivity contribution >= 4 is 17.7 Å². The molecule has 12 unspecified atom stereocenters. The van der Waals surface area contributed by atoms with E-state index in [0.717, 1.165) is 34.3 Å². The summed E-state index contributed by atoms with van der Waals surface area (Å²) in [5.41, 5.74) is 0.433. The van der Waals surface area contributed by atoms with Crippen LogP contribution in [0.2, 0.25) is 0 Å². The van der Waals surface area contributed by atoms with E-state index >= 15 is 0 Å². The zero-order valence-electron chi connectivity index (χ0n) is 20.1. The normalized spacial score (nSPS) is 57.4. The molecule has 176 valence electrons. The standard InChI is InChI=1S/C28H42N2OS/c1-28(2)18-9-5-11-21-24(18)30-25-19(28)14-13-16-15-7-3-4-8-17(15)27(31)29(23(16)25)20-10-6-12-22(32-21)26(20)30/h15-26H,3-14H2,1-2H3. The molecule has 4 aliphatic carbocycles. The van der Waals surface area contributed by atoms with Crippen LogP contribution in [-0.2, 0) is 4.79 Å². The average Bonchev–Trinajstić information content (AvgIpc) is 2.81. The second kappa shape index (κ2) is 6.71. The van der Waals surface area contributed by atoms with Gasteiger partial charge in [-0.05, 0) is 80.5 Å². The highest BCUT2D eigenvalue weighted by Crippen LogP contribution is 2.66. The molecule has 4 heteroatoms. The molecular formula is C28H42N2OS. The van der Waals surface area contributed by atoms with Crippen LogP contribution in [0.15, 0.2) is 0 Å². The van der Waals surface area contributed by atoms with E-state index in [1.807, 2.05) is 0 Å². The number of thioether (sulfide) groups is 1. The Labute approximate surface area is 198 Å². The molecule has 4 heterocycles. The minimum Gasteiger partial charge on any atom is -0.333 e. The van der Waals surface area contributed by atoms with Gasteiger partial charge in [-0.1, -0.05) is 39.5 Å². The molecule has 8 aliphatic rings. The Morgan fingerprint density at radius 3 is 2.34 bits per heavy atom. The van der Waals surface area contributed by atoms with E-state index in [0.29, 0.717) is 47.3 Å². The third-order valence-electron chi connectivity index (χ3n) is 12.5. The van der Waals surface area contributed by atoms with Gasteiger partial charge in [0, 0.05) is 40.6 Å². The van der Waals surface area contributed by atoms with Crippen molar-refractivity contribution in [2.45, 2.75) is 132 Å². The summed E-state index contributed by atoms with van der Waals surface area (Å²) >= 11 is 2.40. The van der Waals surface area contributed by atoms with E-state index in [2.05, 4.69) is 35.4 Å². The molecule has 32 heavy (non-hydrogen) atoms. The largest absolute Gasteiger partial charge is 0.333 e. The Morgan fingerprint density at radius 2 is 1.47 bits per heavy atom. The lowest BCUT2D eigenvalue weighted by atomic mass is 9.48. The van der Waals surface area contributed by atoms with Crippen molar-refractivity contribution in [2.24, 2.45) is 35.0 Å². The van der Waals surface area contributed by atoms with Crippen molar-refractivity contribution in [3.8, 4) is 0 Å². The molecule has 4 saturated carbocycles. The fraction of sp³-hybridized carbons (Fsp3) is 0.964. The van der Waals surface area contributed by atoms with Gasteiger partial charge < -0.3 is 4.90 Å².